The molecule has 24 heavy (non-hydrogen) atoms. The molecule has 0 amide bonds. The molecular weight excluding hydrogens is 298 g/mol. The monoisotopic (exact) mass is 325 g/mol. The zero-order chi connectivity index (χ0) is 17.2. The minimum atomic E-state index is -0.329. The summed E-state index contributed by atoms with van der Waals surface area (Å²) in [4.78, 5) is 12.2. The minimum absolute atomic E-state index is 0.329. The van der Waals surface area contributed by atoms with E-state index in [0.717, 1.165) is 12.0 Å². The number of ether oxygens (including phenoxy) is 1. The van der Waals surface area contributed by atoms with Crippen molar-refractivity contribution < 1.29 is 9.53 Å². The van der Waals surface area contributed by atoms with Crippen LogP contribution in [0.25, 0.3) is 0 Å². The maximum absolute atomic E-state index is 12.2. The van der Waals surface area contributed by atoms with Gasteiger partial charge in [0, 0.05) is 6.54 Å². The van der Waals surface area contributed by atoms with E-state index in [9.17, 15) is 4.79 Å². The molecule has 2 aromatic rings. The van der Waals surface area contributed by atoms with Crippen molar-refractivity contribution in [1.82, 2.24) is 0 Å². The Kier molecular flexibility index (Phi) is 7.50. The largest absolute Gasteiger partial charge is 0.423 e. The number of unbranched alkanes of at least 4 members (excludes halogenated alkanes) is 4. The Balaban J connectivity index is 1.83. The van der Waals surface area contributed by atoms with Crippen LogP contribution in [0.3, 0.4) is 0 Å². The molecule has 0 aromatic heterocycles. The average Bonchev–Trinajstić information content (AvgIpc) is 2.62. The van der Waals surface area contributed by atoms with E-state index < -0.39 is 0 Å². The van der Waals surface area contributed by atoms with Gasteiger partial charge in [-0.1, -0.05) is 56.9 Å². The molecule has 0 bridgehead atoms. The third-order valence-corrected chi connectivity index (χ3v) is 4.13. The molecule has 0 saturated carbocycles. The molecule has 0 fully saturated rings. The van der Waals surface area contributed by atoms with Crippen LogP contribution in [0.1, 0.15) is 60.5 Å². The number of hydrogen-bond acceptors (Lipinski definition) is 3. The predicted octanol–water partition coefficient (Wildman–Crippen LogP) is 4.88. The van der Waals surface area contributed by atoms with E-state index in [2.05, 4.69) is 6.92 Å². The highest BCUT2D eigenvalue weighted by atomic mass is 16.5. The van der Waals surface area contributed by atoms with Gasteiger partial charge in [-0.15, -0.1) is 0 Å². The molecule has 2 rings (SSSR count). The number of carbonyl (C=O) groups is 1. The van der Waals surface area contributed by atoms with E-state index in [4.69, 9.17) is 10.5 Å². The lowest BCUT2D eigenvalue weighted by atomic mass is 10.0. The van der Waals surface area contributed by atoms with Gasteiger partial charge in [-0.3, -0.25) is 0 Å². The molecule has 0 radical (unpaired) electrons. The first-order valence-electron chi connectivity index (χ1n) is 8.83. The number of carbonyl (C=O) groups excluding carboxylic acids is 1. The summed E-state index contributed by atoms with van der Waals surface area (Å²) in [6, 6.07) is 15.0. The Labute approximate surface area is 144 Å². The third kappa shape index (κ3) is 5.82. The number of hydrogen-bond donors (Lipinski definition) is 1. The smallest absolute Gasteiger partial charge is 0.343 e. The average molecular weight is 325 g/mol. The summed E-state index contributed by atoms with van der Waals surface area (Å²) in [5.41, 5.74) is 8.42. The Morgan fingerprint density at radius 1 is 0.875 bits per heavy atom. The SMILES string of the molecule is CCCCCCCc1ccc(C(=O)Oc2ccc(CN)cc2)cc1. The summed E-state index contributed by atoms with van der Waals surface area (Å²) in [5, 5.41) is 0. The maximum Gasteiger partial charge on any atom is 0.343 e. The molecule has 0 atom stereocenters. The van der Waals surface area contributed by atoms with Crippen molar-refractivity contribution >= 4 is 5.97 Å². The van der Waals surface area contributed by atoms with Gasteiger partial charge in [0.25, 0.3) is 0 Å². The van der Waals surface area contributed by atoms with E-state index in [1.54, 1.807) is 12.1 Å². The molecule has 3 heteroatoms. The van der Waals surface area contributed by atoms with Gasteiger partial charge in [-0.25, -0.2) is 4.79 Å². The van der Waals surface area contributed by atoms with Crippen LogP contribution in [0, 0.1) is 0 Å². The van der Waals surface area contributed by atoms with Crippen LogP contribution >= 0.6 is 0 Å². The van der Waals surface area contributed by atoms with Crippen LogP contribution in [0.2, 0.25) is 0 Å². The van der Waals surface area contributed by atoms with Crippen LogP contribution in [0.4, 0.5) is 0 Å². The second-order valence-corrected chi connectivity index (χ2v) is 6.10. The second-order valence-electron chi connectivity index (χ2n) is 6.10. The van der Waals surface area contributed by atoms with Gasteiger partial charge < -0.3 is 10.5 Å². The first-order valence-corrected chi connectivity index (χ1v) is 8.83. The molecule has 0 spiro atoms. The molecule has 0 unspecified atom stereocenters. The molecule has 0 aliphatic rings. The summed E-state index contributed by atoms with van der Waals surface area (Å²) in [6.45, 7) is 2.71. The Morgan fingerprint density at radius 2 is 1.50 bits per heavy atom. The minimum Gasteiger partial charge on any atom is -0.423 e. The van der Waals surface area contributed by atoms with Crippen LogP contribution < -0.4 is 10.5 Å². The van der Waals surface area contributed by atoms with Crippen LogP contribution in [0.5, 0.6) is 5.75 Å². The van der Waals surface area contributed by atoms with Gasteiger partial charge >= 0.3 is 5.97 Å². The van der Waals surface area contributed by atoms with E-state index in [1.807, 2.05) is 36.4 Å². The van der Waals surface area contributed by atoms with Crippen LogP contribution in [-0.4, -0.2) is 5.97 Å². The van der Waals surface area contributed by atoms with E-state index >= 15 is 0 Å². The first-order chi connectivity index (χ1) is 11.7. The Morgan fingerprint density at radius 3 is 2.12 bits per heavy atom. The normalized spacial score (nSPS) is 10.6. The highest BCUT2D eigenvalue weighted by Crippen LogP contribution is 2.15. The standard InChI is InChI=1S/C21H27NO2/c1-2-3-4-5-6-7-17-8-12-19(13-9-17)21(23)24-20-14-10-18(16-22)11-15-20/h8-15H,2-7,16,22H2,1H3. The summed E-state index contributed by atoms with van der Waals surface area (Å²) >= 11 is 0. The van der Waals surface area contributed by atoms with Gasteiger partial charge in [-0.2, -0.15) is 0 Å². The van der Waals surface area contributed by atoms with Crippen molar-refractivity contribution in [3.8, 4) is 5.75 Å². The predicted molar refractivity (Wildman–Crippen MR) is 98.2 cm³/mol. The highest BCUT2D eigenvalue weighted by Gasteiger charge is 2.08. The molecule has 2 aromatic carbocycles. The molecule has 0 aliphatic heterocycles. The van der Waals surface area contributed by atoms with E-state index in [-0.39, 0.29) is 5.97 Å². The molecule has 2 N–H and O–H groups in total. The lowest BCUT2D eigenvalue weighted by Crippen LogP contribution is -2.08. The van der Waals surface area contributed by atoms with Gasteiger partial charge in [-0.05, 0) is 48.2 Å². The highest BCUT2D eigenvalue weighted by molar-refractivity contribution is 5.91. The zero-order valence-corrected chi connectivity index (χ0v) is 14.5. The number of nitrogens with two attached hydrogens (primary N) is 1. The van der Waals surface area contributed by atoms with Crippen LogP contribution in [-0.2, 0) is 13.0 Å². The molecule has 128 valence electrons. The number of esters is 1. The summed E-state index contributed by atoms with van der Waals surface area (Å²) in [6.07, 6.45) is 7.44. The fourth-order valence-electron chi connectivity index (χ4n) is 2.60. The fraction of sp³-hybridized carbons (Fsp3) is 0.381. The quantitative estimate of drug-likeness (QED) is 0.406. The van der Waals surface area contributed by atoms with Gasteiger partial charge in [0.15, 0.2) is 0 Å². The molecule has 0 saturated heterocycles. The van der Waals surface area contributed by atoms with Crippen molar-refractivity contribution in [3.63, 3.8) is 0 Å². The summed E-state index contributed by atoms with van der Waals surface area (Å²) in [7, 11) is 0. The fourth-order valence-corrected chi connectivity index (χ4v) is 2.60. The third-order valence-electron chi connectivity index (χ3n) is 4.13. The zero-order valence-electron chi connectivity index (χ0n) is 14.5. The topological polar surface area (TPSA) is 52.3 Å². The number of aryl methyl sites for hydroxylation is 1. The van der Waals surface area contributed by atoms with E-state index in [0.29, 0.717) is 17.9 Å². The molecule has 0 heterocycles. The molecule has 3 nitrogen and oxygen atoms in total. The lowest BCUT2D eigenvalue weighted by Gasteiger charge is -2.06. The van der Waals surface area contributed by atoms with Crippen molar-refractivity contribution in [2.24, 2.45) is 5.73 Å². The summed E-state index contributed by atoms with van der Waals surface area (Å²) < 4.78 is 5.39. The van der Waals surface area contributed by atoms with Crippen molar-refractivity contribution in [1.29, 1.82) is 0 Å². The van der Waals surface area contributed by atoms with Gasteiger partial charge in [0.2, 0.25) is 0 Å². The molecular formula is C21H27NO2. The maximum atomic E-state index is 12.2. The number of benzene rings is 2. The van der Waals surface area contributed by atoms with Crippen LogP contribution in [0.15, 0.2) is 48.5 Å². The van der Waals surface area contributed by atoms with Crippen molar-refractivity contribution in [2.45, 2.75) is 52.0 Å². The first kappa shape index (κ1) is 18.2. The summed E-state index contributed by atoms with van der Waals surface area (Å²) in [5.74, 6) is 0.210. The Hall–Kier alpha value is -2.13. The molecule has 0 aliphatic carbocycles. The van der Waals surface area contributed by atoms with E-state index in [1.165, 1.54) is 37.7 Å². The van der Waals surface area contributed by atoms with Gasteiger partial charge in [0.1, 0.15) is 5.75 Å². The van der Waals surface area contributed by atoms with Crippen molar-refractivity contribution in [3.05, 3.63) is 65.2 Å². The Bertz CT molecular complexity index is 617. The van der Waals surface area contributed by atoms with Crippen molar-refractivity contribution in [2.75, 3.05) is 0 Å². The van der Waals surface area contributed by atoms with Gasteiger partial charge in [0.05, 0.1) is 5.56 Å². The second kappa shape index (κ2) is 9.89. The number of rotatable bonds is 9. The lowest BCUT2D eigenvalue weighted by molar-refractivity contribution is 0.0734.